The van der Waals surface area contributed by atoms with Gasteiger partial charge >= 0.3 is 0 Å². The number of hydrogen-bond acceptors (Lipinski definition) is 2. The molecular formula is C17H25NO. The van der Waals surface area contributed by atoms with Gasteiger partial charge in [0.1, 0.15) is 0 Å². The van der Waals surface area contributed by atoms with E-state index >= 15 is 0 Å². The first-order valence-electron chi connectivity index (χ1n) is 7.75. The standard InChI is InChI=1S/C17H25NO/c19-11-10-18-8-6-14(7-9-18)12-16-13-17(16)15-4-2-1-3-5-15/h1-5,14,16-17,19H,6-13H2/t16-,17+/m1/s1. The van der Waals surface area contributed by atoms with Crippen LogP contribution in [0.2, 0.25) is 0 Å². The second-order valence-electron chi connectivity index (χ2n) is 6.26. The van der Waals surface area contributed by atoms with E-state index in [0.29, 0.717) is 6.61 Å². The fraction of sp³-hybridized carbons (Fsp3) is 0.647. The predicted octanol–water partition coefficient (Wildman–Crippen LogP) is 2.88. The topological polar surface area (TPSA) is 23.5 Å². The Morgan fingerprint density at radius 1 is 1.11 bits per heavy atom. The highest BCUT2D eigenvalue weighted by Gasteiger charge is 2.39. The fourth-order valence-corrected chi connectivity index (χ4v) is 3.63. The van der Waals surface area contributed by atoms with E-state index in [-0.39, 0.29) is 0 Å². The lowest BCUT2D eigenvalue weighted by Crippen LogP contribution is -2.35. The average Bonchev–Trinajstić information content (AvgIpc) is 3.22. The normalized spacial score (nSPS) is 28.5. The highest BCUT2D eigenvalue weighted by molar-refractivity contribution is 5.25. The van der Waals surface area contributed by atoms with Gasteiger partial charge in [0.2, 0.25) is 0 Å². The van der Waals surface area contributed by atoms with Crippen LogP contribution in [0.4, 0.5) is 0 Å². The van der Waals surface area contributed by atoms with Crippen LogP contribution in [0.5, 0.6) is 0 Å². The first-order chi connectivity index (χ1) is 9.36. The van der Waals surface area contributed by atoms with E-state index < -0.39 is 0 Å². The van der Waals surface area contributed by atoms with E-state index in [1.807, 2.05) is 0 Å². The molecule has 1 aliphatic heterocycles. The zero-order valence-corrected chi connectivity index (χ0v) is 11.7. The number of aliphatic hydroxyl groups is 1. The highest BCUT2D eigenvalue weighted by Crippen LogP contribution is 2.51. The number of piperidine rings is 1. The van der Waals surface area contributed by atoms with Gasteiger partial charge in [-0.2, -0.15) is 0 Å². The molecule has 1 saturated heterocycles. The van der Waals surface area contributed by atoms with Gasteiger partial charge in [0, 0.05) is 6.54 Å². The van der Waals surface area contributed by atoms with Crippen molar-refractivity contribution in [3.8, 4) is 0 Å². The molecule has 1 saturated carbocycles. The maximum absolute atomic E-state index is 8.96. The molecule has 1 aliphatic carbocycles. The summed E-state index contributed by atoms with van der Waals surface area (Å²) in [5, 5.41) is 8.96. The van der Waals surface area contributed by atoms with Gasteiger partial charge in [-0.15, -0.1) is 0 Å². The van der Waals surface area contributed by atoms with Crippen LogP contribution >= 0.6 is 0 Å². The van der Waals surface area contributed by atoms with Gasteiger partial charge in [-0.05, 0) is 62.1 Å². The summed E-state index contributed by atoms with van der Waals surface area (Å²) < 4.78 is 0. The lowest BCUT2D eigenvalue weighted by atomic mass is 9.90. The summed E-state index contributed by atoms with van der Waals surface area (Å²) in [6.07, 6.45) is 5.49. The summed E-state index contributed by atoms with van der Waals surface area (Å²) in [4.78, 5) is 2.40. The molecule has 0 unspecified atom stereocenters. The van der Waals surface area contributed by atoms with E-state index in [1.165, 1.54) is 38.8 Å². The third kappa shape index (κ3) is 3.37. The lowest BCUT2D eigenvalue weighted by Gasteiger charge is -2.31. The van der Waals surface area contributed by atoms with Crippen molar-refractivity contribution >= 4 is 0 Å². The van der Waals surface area contributed by atoms with Crippen LogP contribution < -0.4 is 0 Å². The van der Waals surface area contributed by atoms with E-state index in [2.05, 4.69) is 35.2 Å². The summed E-state index contributed by atoms with van der Waals surface area (Å²) in [6.45, 7) is 3.55. The Hall–Kier alpha value is -0.860. The molecule has 0 bridgehead atoms. The quantitative estimate of drug-likeness (QED) is 0.879. The maximum atomic E-state index is 8.96. The molecule has 1 aromatic rings. The van der Waals surface area contributed by atoms with Gasteiger partial charge in [0.15, 0.2) is 0 Å². The van der Waals surface area contributed by atoms with Gasteiger partial charge in [0.05, 0.1) is 6.61 Å². The van der Waals surface area contributed by atoms with Crippen LogP contribution in [0.1, 0.15) is 37.2 Å². The van der Waals surface area contributed by atoms with Gasteiger partial charge in [0.25, 0.3) is 0 Å². The van der Waals surface area contributed by atoms with Crippen LogP contribution in [-0.4, -0.2) is 36.2 Å². The van der Waals surface area contributed by atoms with Gasteiger partial charge in [-0.25, -0.2) is 0 Å². The minimum atomic E-state index is 0.309. The van der Waals surface area contributed by atoms with Crippen LogP contribution in [0, 0.1) is 11.8 Å². The van der Waals surface area contributed by atoms with Gasteiger partial charge in [-0.1, -0.05) is 30.3 Å². The van der Waals surface area contributed by atoms with Crippen molar-refractivity contribution in [3.05, 3.63) is 35.9 Å². The van der Waals surface area contributed by atoms with Crippen molar-refractivity contribution in [2.24, 2.45) is 11.8 Å². The highest BCUT2D eigenvalue weighted by atomic mass is 16.3. The second kappa shape index (κ2) is 6.06. The Kier molecular flexibility index (Phi) is 4.19. The van der Waals surface area contributed by atoms with Crippen LogP contribution in [0.3, 0.4) is 0 Å². The Labute approximate surface area is 116 Å². The van der Waals surface area contributed by atoms with Crippen molar-refractivity contribution < 1.29 is 5.11 Å². The molecule has 2 fully saturated rings. The molecule has 0 aromatic heterocycles. The Bertz CT molecular complexity index is 384. The number of rotatable bonds is 5. The first kappa shape index (κ1) is 13.1. The van der Waals surface area contributed by atoms with Crippen LogP contribution in [-0.2, 0) is 0 Å². The predicted molar refractivity (Wildman–Crippen MR) is 78.2 cm³/mol. The summed E-state index contributed by atoms with van der Waals surface area (Å²) >= 11 is 0. The molecule has 0 amide bonds. The number of likely N-dealkylation sites (tertiary alicyclic amines) is 1. The monoisotopic (exact) mass is 259 g/mol. The van der Waals surface area contributed by atoms with Crippen molar-refractivity contribution in [1.82, 2.24) is 4.90 Å². The van der Waals surface area contributed by atoms with Crippen molar-refractivity contribution in [3.63, 3.8) is 0 Å². The summed E-state index contributed by atoms with van der Waals surface area (Å²) in [7, 11) is 0. The summed E-state index contributed by atoms with van der Waals surface area (Å²) in [5.74, 6) is 2.71. The van der Waals surface area contributed by atoms with E-state index in [0.717, 1.165) is 24.3 Å². The molecule has 1 aromatic carbocycles. The molecule has 2 aliphatic rings. The molecule has 3 rings (SSSR count). The van der Waals surface area contributed by atoms with E-state index in [9.17, 15) is 0 Å². The number of benzene rings is 1. The Morgan fingerprint density at radius 2 is 1.84 bits per heavy atom. The molecule has 2 nitrogen and oxygen atoms in total. The van der Waals surface area contributed by atoms with Crippen molar-refractivity contribution in [1.29, 1.82) is 0 Å². The number of hydrogen-bond donors (Lipinski definition) is 1. The SMILES string of the molecule is OCCN1CCC(C[C@@H]2C[C@H]2c2ccccc2)CC1. The molecule has 1 heterocycles. The van der Waals surface area contributed by atoms with E-state index in [4.69, 9.17) is 5.11 Å². The molecule has 1 N–H and O–H groups in total. The number of aliphatic hydroxyl groups excluding tert-OH is 1. The summed E-state index contributed by atoms with van der Waals surface area (Å²) in [6, 6.07) is 11.0. The lowest BCUT2D eigenvalue weighted by molar-refractivity contribution is 0.142. The molecule has 0 radical (unpaired) electrons. The zero-order valence-electron chi connectivity index (χ0n) is 11.7. The van der Waals surface area contributed by atoms with Crippen molar-refractivity contribution in [2.75, 3.05) is 26.2 Å². The Balaban J connectivity index is 1.42. The molecular weight excluding hydrogens is 234 g/mol. The van der Waals surface area contributed by atoms with Crippen LogP contribution in [0.25, 0.3) is 0 Å². The molecule has 2 heteroatoms. The van der Waals surface area contributed by atoms with Crippen molar-refractivity contribution in [2.45, 2.75) is 31.6 Å². The smallest absolute Gasteiger partial charge is 0.0558 e. The third-order valence-electron chi connectivity index (χ3n) is 4.91. The largest absolute Gasteiger partial charge is 0.395 e. The first-order valence-corrected chi connectivity index (χ1v) is 7.75. The number of nitrogens with zero attached hydrogens (tertiary/aromatic N) is 1. The molecule has 104 valence electrons. The fourth-order valence-electron chi connectivity index (χ4n) is 3.63. The second-order valence-corrected chi connectivity index (χ2v) is 6.26. The van der Waals surface area contributed by atoms with Crippen LogP contribution in [0.15, 0.2) is 30.3 Å². The average molecular weight is 259 g/mol. The van der Waals surface area contributed by atoms with E-state index in [1.54, 1.807) is 5.56 Å². The van der Waals surface area contributed by atoms with Gasteiger partial charge in [-0.3, -0.25) is 0 Å². The van der Waals surface area contributed by atoms with Gasteiger partial charge < -0.3 is 10.0 Å². The molecule has 2 atom stereocenters. The molecule has 19 heavy (non-hydrogen) atoms. The Morgan fingerprint density at radius 3 is 2.53 bits per heavy atom. The summed E-state index contributed by atoms with van der Waals surface area (Å²) in [5.41, 5.74) is 1.55. The zero-order chi connectivity index (χ0) is 13.1. The maximum Gasteiger partial charge on any atom is 0.0558 e. The molecule has 0 spiro atoms. The minimum absolute atomic E-state index is 0.309. The minimum Gasteiger partial charge on any atom is -0.395 e. The third-order valence-corrected chi connectivity index (χ3v) is 4.91. The number of β-amino-alcohol motifs (C(OH)–C–C–N with tert-alkyl or cyclic N) is 1.